The molecule has 1 aromatic rings. The van der Waals surface area contributed by atoms with Gasteiger partial charge in [0.15, 0.2) is 17.5 Å². The molecule has 0 aromatic heterocycles. The van der Waals surface area contributed by atoms with Crippen molar-refractivity contribution in [3.63, 3.8) is 0 Å². The Labute approximate surface area is 158 Å². The molecule has 0 bridgehead atoms. The van der Waals surface area contributed by atoms with Crippen molar-refractivity contribution in [2.45, 2.75) is 88.8 Å². The van der Waals surface area contributed by atoms with Crippen LogP contribution in [0.4, 0.5) is 13.2 Å². The molecule has 146 valence electrons. The van der Waals surface area contributed by atoms with Gasteiger partial charge in [-0.25, -0.2) is 13.2 Å². The molecule has 3 rings (SSSR count). The Morgan fingerprint density at radius 2 is 1.42 bits per heavy atom. The molecule has 1 saturated carbocycles. The van der Waals surface area contributed by atoms with Crippen molar-refractivity contribution in [2.24, 2.45) is 11.8 Å². The maximum Gasteiger partial charge on any atom is 0.194 e. The molecule has 1 saturated heterocycles. The largest absolute Gasteiger partial charge is 0.204 e. The molecule has 0 atom stereocenters. The van der Waals surface area contributed by atoms with Gasteiger partial charge in [-0.2, -0.15) is 0 Å². The second kappa shape index (κ2) is 9.43. The summed E-state index contributed by atoms with van der Waals surface area (Å²) in [5.74, 6) is -1.79. The van der Waals surface area contributed by atoms with Crippen molar-refractivity contribution in [1.82, 2.24) is 0 Å². The molecular weight excluding hydrogens is 349 g/mol. The summed E-state index contributed by atoms with van der Waals surface area (Å²) in [5.41, 5.74) is 1.67. The lowest BCUT2D eigenvalue weighted by Crippen LogP contribution is -2.29. The average molecular weight is 383 g/mol. The summed E-state index contributed by atoms with van der Waals surface area (Å²) in [4.78, 5) is 0. The Morgan fingerprint density at radius 3 is 2.00 bits per heavy atom. The van der Waals surface area contributed by atoms with Gasteiger partial charge >= 0.3 is 0 Å². The van der Waals surface area contributed by atoms with Crippen LogP contribution >= 0.6 is 0 Å². The minimum Gasteiger partial charge on any atom is -0.204 e. The van der Waals surface area contributed by atoms with Crippen molar-refractivity contribution in [2.75, 3.05) is 0 Å². The van der Waals surface area contributed by atoms with Gasteiger partial charge in [-0.15, -0.1) is 0 Å². The van der Waals surface area contributed by atoms with E-state index in [0.717, 1.165) is 30.0 Å². The van der Waals surface area contributed by atoms with Crippen LogP contribution in [0.3, 0.4) is 0 Å². The van der Waals surface area contributed by atoms with E-state index in [-0.39, 0.29) is 0 Å². The second-order valence-electron chi connectivity index (χ2n) is 8.76. The lowest BCUT2D eigenvalue weighted by molar-refractivity contribution is 0.330. The predicted molar refractivity (Wildman–Crippen MR) is 105 cm³/mol. The highest BCUT2D eigenvalue weighted by Crippen LogP contribution is 2.42. The molecule has 1 aliphatic heterocycles. The molecule has 2 aliphatic rings. The zero-order valence-electron chi connectivity index (χ0n) is 16.1. The lowest BCUT2D eigenvalue weighted by Gasteiger charge is -2.37. The molecule has 0 radical (unpaired) electrons. The van der Waals surface area contributed by atoms with Crippen LogP contribution in [0.2, 0.25) is 17.6 Å². The fourth-order valence-corrected chi connectivity index (χ4v) is 9.79. The molecule has 0 amide bonds. The van der Waals surface area contributed by atoms with Crippen LogP contribution in [0, 0.1) is 29.3 Å². The van der Waals surface area contributed by atoms with Crippen LogP contribution in [0.25, 0.3) is 0 Å². The summed E-state index contributed by atoms with van der Waals surface area (Å²) >= 11 is 0. The molecule has 0 spiro atoms. The van der Waals surface area contributed by atoms with Gasteiger partial charge in [-0.05, 0) is 47.9 Å². The number of aryl methyl sites for hydroxylation is 1. The summed E-state index contributed by atoms with van der Waals surface area (Å²) < 4.78 is 39.7. The smallest absolute Gasteiger partial charge is 0.194 e. The van der Waals surface area contributed by atoms with Gasteiger partial charge in [-0.3, -0.25) is 0 Å². The normalized spacial score (nSPS) is 29.7. The Kier molecular flexibility index (Phi) is 7.25. The quantitative estimate of drug-likeness (QED) is 0.366. The first kappa shape index (κ1) is 20.0. The zero-order chi connectivity index (χ0) is 18.5. The third-order valence-corrected chi connectivity index (χ3v) is 11.2. The molecule has 26 heavy (non-hydrogen) atoms. The second-order valence-corrected chi connectivity index (χ2v) is 12.4. The van der Waals surface area contributed by atoms with Gasteiger partial charge in [-0.1, -0.05) is 70.4 Å². The van der Waals surface area contributed by atoms with E-state index >= 15 is 0 Å². The van der Waals surface area contributed by atoms with Gasteiger partial charge in [0, 0.05) is 8.80 Å². The SMILES string of the molecule is CCC[C@H]1CC[C@H]([SiH]2CCC(CCc3cc(F)c(F)c(F)c3)CC2)CC1. The first-order valence-corrected chi connectivity index (χ1v) is 13.0. The summed E-state index contributed by atoms with van der Waals surface area (Å²) in [6, 6.07) is 5.24. The van der Waals surface area contributed by atoms with Gasteiger partial charge < -0.3 is 0 Å². The first-order valence-electron chi connectivity index (χ1n) is 10.7. The highest BCUT2D eigenvalue weighted by molar-refractivity contribution is 6.60. The predicted octanol–water partition coefficient (Wildman–Crippen LogP) is 7.03. The molecule has 1 aliphatic carbocycles. The Morgan fingerprint density at radius 1 is 0.846 bits per heavy atom. The fraction of sp³-hybridized carbons (Fsp3) is 0.727. The number of rotatable bonds is 6. The number of hydrogen-bond donors (Lipinski definition) is 0. The standard InChI is InChI=1S/C22H33F3Si/c1-2-3-16-6-8-19(9-7-16)26-12-10-17(11-13-26)4-5-18-14-20(23)22(25)21(24)15-18/h14-17,19,26H,2-13H2,1H3/t16-,17?,19-,26?. The van der Waals surface area contributed by atoms with E-state index in [0.29, 0.717) is 17.9 Å². The average Bonchev–Trinajstić information content (AvgIpc) is 2.66. The highest BCUT2D eigenvalue weighted by atomic mass is 28.3. The van der Waals surface area contributed by atoms with Crippen molar-refractivity contribution in [3.8, 4) is 0 Å². The van der Waals surface area contributed by atoms with Crippen LogP contribution < -0.4 is 0 Å². The van der Waals surface area contributed by atoms with Gasteiger partial charge in [0.1, 0.15) is 0 Å². The maximum absolute atomic E-state index is 13.3. The molecule has 4 heteroatoms. The van der Waals surface area contributed by atoms with E-state index in [9.17, 15) is 13.2 Å². The number of hydrogen-bond acceptors (Lipinski definition) is 0. The third-order valence-electron chi connectivity index (χ3n) is 7.03. The summed E-state index contributed by atoms with van der Waals surface area (Å²) in [6.07, 6.45) is 12.9. The topological polar surface area (TPSA) is 0 Å². The van der Waals surface area contributed by atoms with Gasteiger partial charge in [0.05, 0.1) is 0 Å². The Balaban J connectivity index is 1.40. The van der Waals surface area contributed by atoms with Crippen molar-refractivity contribution < 1.29 is 13.2 Å². The van der Waals surface area contributed by atoms with Crippen molar-refractivity contribution >= 4 is 8.80 Å². The van der Waals surface area contributed by atoms with Crippen LogP contribution in [0.15, 0.2) is 12.1 Å². The van der Waals surface area contributed by atoms with E-state index in [4.69, 9.17) is 0 Å². The van der Waals surface area contributed by atoms with E-state index in [1.165, 1.54) is 63.5 Å². The van der Waals surface area contributed by atoms with Crippen LogP contribution in [-0.2, 0) is 6.42 Å². The molecule has 0 unspecified atom stereocenters. The Bertz CT molecular complexity index is 550. The summed E-state index contributed by atoms with van der Waals surface area (Å²) in [7, 11) is -0.585. The molecule has 1 heterocycles. The van der Waals surface area contributed by atoms with Crippen LogP contribution in [-0.4, -0.2) is 8.80 Å². The molecule has 1 aromatic carbocycles. The maximum atomic E-state index is 13.3. The summed E-state index contributed by atoms with van der Waals surface area (Å²) in [5, 5.41) is 0. The van der Waals surface area contributed by atoms with E-state index < -0.39 is 26.2 Å². The molecular formula is C22H33F3Si. The van der Waals surface area contributed by atoms with Gasteiger partial charge in [0.2, 0.25) is 0 Å². The van der Waals surface area contributed by atoms with Crippen molar-refractivity contribution in [1.29, 1.82) is 0 Å². The number of benzene rings is 1. The van der Waals surface area contributed by atoms with Crippen LogP contribution in [0.1, 0.15) is 70.3 Å². The molecule has 0 N–H and O–H groups in total. The van der Waals surface area contributed by atoms with Crippen LogP contribution in [0.5, 0.6) is 0 Å². The van der Waals surface area contributed by atoms with Gasteiger partial charge in [0.25, 0.3) is 0 Å². The highest BCUT2D eigenvalue weighted by Gasteiger charge is 2.31. The minimum atomic E-state index is -1.35. The van der Waals surface area contributed by atoms with E-state index in [1.807, 2.05) is 0 Å². The monoisotopic (exact) mass is 382 g/mol. The Hall–Kier alpha value is -0.773. The lowest BCUT2D eigenvalue weighted by atomic mass is 9.86. The fourth-order valence-electron chi connectivity index (χ4n) is 5.43. The third kappa shape index (κ3) is 5.14. The minimum absolute atomic E-state index is 0.585. The van der Waals surface area contributed by atoms with Crippen molar-refractivity contribution in [3.05, 3.63) is 35.1 Å². The molecule has 2 fully saturated rings. The van der Waals surface area contributed by atoms with E-state index in [1.54, 1.807) is 0 Å². The zero-order valence-corrected chi connectivity index (χ0v) is 17.2. The number of halogens is 3. The summed E-state index contributed by atoms with van der Waals surface area (Å²) in [6.45, 7) is 2.30. The van der Waals surface area contributed by atoms with E-state index in [2.05, 4.69) is 6.92 Å². The molecule has 0 nitrogen and oxygen atoms in total. The first-order chi connectivity index (χ1) is 12.6.